The average Bonchev–Trinajstić information content (AvgIpc) is 3.39. The van der Waals surface area contributed by atoms with Gasteiger partial charge in [-0.3, -0.25) is 14.4 Å². The first-order valence-corrected chi connectivity index (χ1v) is 32.5. The van der Waals surface area contributed by atoms with E-state index in [0.717, 1.165) is 77.0 Å². The largest absolute Gasteiger partial charge is 0.462 e. The number of esters is 3. The van der Waals surface area contributed by atoms with Gasteiger partial charge in [0, 0.05) is 19.3 Å². The highest BCUT2D eigenvalue weighted by molar-refractivity contribution is 5.71. The molecule has 0 aliphatic heterocycles. The van der Waals surface area contributed by atoms with Gasteiger partial charge >= 0.3 is 17.9 Å². The second kappa shape index (κ2) is 62.2. The number of hydrogen-bond donors (Lipinski definition) is 0. The molecule has 0 fully saturated rings. The van der Waals surface area contributed by atoms with Crippen LogP contribution in [0, 0.1) is 0 Å². The Balaban J connectivity index is 4.14. The SMILES string of the molecule is CCCCC/C=C\C/C=C\C/C=C\CCCCCCCCC(=O)OC(COC(=O)CCCCCCCCCCC)COC(=O)CCCCCCCCCCCCCCCCCCCCCCCCCCCCC. The summed E-state index contributed by atoms with van der Waals surface area (Å²) in [5.74, 6) is -0.867. The molecule has 0 aliphatic rings. The molecule has 0 spiro atoms. The van der Waals surface area contributed by atoms with Gasteiger partial charge in [0.25, 0.3) is 0 Å². The van der Waals surface area contributed by atoms with Gasteiger partial charge in [-0.25, -0.2) is 0 Å². The number of hydrogen-bond acceptors (Lipinski definition) is 6. The van der Waals surface area contributed by atoms with E-state index in [1.54, 1.807) is 0 Å². The van der Waals surface area contributed by atoms with Crippen LogP contribution in [-0.4, -0.2) is 37.2 Å². The summed E-state index contributed by atoms with van der Waals surface area (Å²) in [6.45, 7) is 6.64. The van der Waals surface area contributed by atoms with E-state index >= 15 is 0 Å². The first-order chi connectivity index (χ1) is 36.0. The van der Waals surface area contributed by atoms with Crippen LogP contribution in [0.5, 0.6) is 0 Å². The van der Waals surface area contributed by atoms with E-state index in [1.807, 2.05) is 0 Å². The van der Waals surface area contributed by atoms with Gasteiger partial charge in [0.2, 0.25) is 0 Å². The minimum atomic E-state index is -0.775. The Hall–Kier alpha value is -2.37. The van der Waals surface area contributed by atoms with Gasteiger partial charge < -0.3 is 14.2 Å². The summed E-state index contributed by atoms with van der Waals surface area (Å²) in [6, 6.07) is 0. The lowest BCUT2D eigenvalue weighted by Gasteiger charge is -2.18. The van der Waals surface area contributed by atoms with Gasteiger partial charge in [-0.15, -0.1) is 0 Å². The highest BCUT2D eigenvalue weighted by Crippen LogP contribution is 2.18. The summed E-state index contributed by atoms with van der Waals surface area (Å²) in [7, 11) is 0. The molecule has 0 amide bonds. The number of rotatable bonds is 60. The van der Waals surface area contributed by atoms with E-state index in [9.17, 15) is 14.4 Å². The first kappa shape index (κ1) is 70.6. The quantitative estimate of drug-likeness (QED) is 0.0261. The van der Waals surface area contributed by atoms with Crippen molar-refractivity contribution in [1.82, 2.24) is 0 Å². The van der Waals surface area contributed by atoms with Crippen LogP contribution < -0.4 is 0 Å². The molecular formula is C67H124O6. The number of unbranched alkanes of at least 4 members (excludes halogenated alkanes) is 43. The highest BCUT2D eigenvalue weighted by Gasteiger charge is 2.19. The van der Waals surface area contributed by atoms with Crippen molar-refractivity contribution in [2.45, 2.75) is 361 Å². The molecule has 0 aromatic rings. The van der Waals surface area contributed by atoms with E-state index < -0.39 is 6.10 Å². The van der Waals surface area contributed by atoms with Crippen LogP contribution in [0.15, 0.2) is 36.5 Å². The third-order valence-corrected chi connectivity index (χ3v) is 14.6. The van der Waals surface area contributed by atoms with E-state index in [0.29, 0.717) is 19.3 Å². The Labute approximate surface area is 455 Å². The molecular weight excluding hydrogens is 901 g/mol. The molecule has 0 saturated carbocycles. The maximum absolute atomic E-state index is 12.9. The lowest BCUT2D eigenvalue weighted by Crippen LogP contribution is -2.30. The van der Waals surface area contributed by atoms with E-state index in [4.69, 9.17) is 14.2 Å². The zero-order valence-electron chi connectivity index (χ0n) is 49.2. The summed E-state index contributed by atoms with van der Waals surface area (Å²) >= 11 is 0. The Morgan fingerprint density at radius 3 is 0.795 bits per heavy atom. The molecule has 0 bridgehead atoms. The van der Waals surface area contributed by atoms with Gasteiger partial charge in [-0.1, -0.05) is 314 Å². The standard InChI is InChI=1S/C67H124O6/c1-4-7-10-13-16-19-21-23-25-27-29-30-31-32-33-34-35-36-38-39-41-43-45-48-51-54-57-60-66(69)72-63-64(62-71-65(68)59-56-53-50-47-18-15-12-9-6-3)73-67(70)61-58-55-52-49-46-44-42-40-37-28-26-24-22-20-17-14-11-8-5-2/h17,20,24,26,37,40,64H,4-16,18-19,21-23,25,27-36,38-39,41-63H2,1-3H3/b20-17-,26-24-,40-37-. The minimum absolute atomic E-state index is 0.0728. The van der Waals surface area contributed by atoms with Crippen molar-refractivity contribution in [1.29, 1.82) is 0 Å². The van der Waals surface area contributed by atoms with Gasteiger partial charge in [-0.05, 0) is 57.8 Å². The summed E-state index contributed by atoms with van der Waals surface area (Å²) in [6.07, 6.45) is 76.0. The maximum atomic E-state index is 12.9. The smallest absolute Gasteiger partial charge is 0.306 e. The molecule has 0 saturated heterocycles. The Bertz CT molecular complexity index is 1220. The highest BCUT2D eigenvalue weighted by atomic mass is 16.6. The lowest BCUT2D eigenvalue weighted by molar-refractivity contribution is -0.167. The molecule has 73 heavy (non-hydrogen) atoms. The minimum Gasteiger partial charge on any atom is -0.462 e. The molecule has 0 N–H and O–H groups in total. The predicted octanol–water partition coefficient (Wildman–Crippen LogP) is 22.0. The molecule has 0 heterocycles. The fraction of sp³-hybridized carbons (Fsp3) is 0.866. The fourth-order valence-corrected chi connectivity index (χ4v) is 9.75. The fourth-order valence-electron chi connectivity index (χ4n) is 9.75. The van der Waals surface area contributed by atoms with Crippen LogP contribution in [0.25, 0.3) is 0 Å². The van der Waals surface area contributed by atoms with Crippen LogP contribution in [0.3, 0.4) is 0 Å². The summed E-state index contributed by atoms with van der Waals surface area (Å²) in [5.41, 5.74) is 0. The number of ether oxygens (including phenoxy) is 3. The number of carbonyl (C=O) groups is 3. The molecule has 0 aromatic heterocycles. The van der Waals surface area contributed by atoms with Gasteiger partial charge in [0.05, 0.1) is 0 Å². The summed E-state index contributed by atoms with van der Waals surface area (Å²) in [4.78, 5) is 38.2. The van der Waals surface area contributed by atoms with E-state index in [-0.39, 0.29) is 31.1 Å². The second-order valence-corrected chi connectivity index (χ2v) is 22.0. The molecule has 0 aliphatic carbocycles. The van der Waals surface area contributed by atoms with Crippen molar-refractivity contribution < 1.29 is 28.6 Å². The van der Waals surface area contributed by atoms with Crippen LogP contribution in [0.2, 0.25) is 0 Å². The molecule has 0 aromatic carbocycles. The molecule has 428 valence electrons. The average molecular weight is 1030 g/mol. The van der Waals surface area contributed by atoms with E-state index in [1.165, 1.54) is 238 Å². The maximum Gasteiger partial charge on any atom is 0.306 e. The zero-order valence-corrected chi connectivity index (χ0v) is 49.2. The molecule has 6 heteroatoms. The Kier molecular flexibility index (Phi) is 60.2. The van der Waals surface area contributed by atoms with Gasteiger partial charge in [0.15, 0.2) is 6.10 Å². The normalized spacial score (nSPS) is 12.2. The van der Waals surface area contributed by atoms with Gasteiger partial charge in [-0.2, -0.15) is 0 Å². The second-order valence-electron chi connectivity index (χ2n) is 22.0. The van der Waals surface area contributed by atoms with Crippen molar-refractivity contribution in [3.63, 3.8) is 0 Å². The van der Waals surface area contributed by atoms with E-state index in [2.05, 4.69) is 57.2 Å². The molecule has 6 nitrogen and oxygen atoms in total. The number of allylic oxidation sites excluding steroid dienone is 6. The predicted molar refractivity (Wildman–Crippen MR) is 316 cm³/mol. The van der Waals surface area contributed by atoms with Crippen molar-refractivity contribution in [3.05, 3.63) is 36.5 Å². The van der Waals surface area contributed by atoms with Crippen molar-refractivity contribution in [2.24, 2.45) is 0 Å². The summed E-state index contributed by atoms with van der Waals surface area (Å²) < 4.78 is 16.9. The zero-order chi connectivity index (χ0) is 52.9. The van der Waals surface area contributed by atoms with Gasteiger partial charge in [0.1, 0.15) is 13.2 Å². The van der Waals surface area contributed by atoms with Crippen LogP contribution in [0.1, 0.15) is 355 Å². The van der Waals surface area contributed by atoms with Crippen molar-refractivity contribution in [2.75, 3.05) is 13.2 Å². The first-order valence-electron chi connectivity index (χ1n) is 32.5. The molecule has 0 rings (SSSR count). The Morgan fingerprint density at radius 2 is 0.493 bits per heavy atom. The molecule has 1 atom stereocenters. The summed E-state index contributed by atoms with van der Waals surface area (Å²) in [5, 5.41) is 0. The van der Waals surface area contributed by atoms with Crippen LogP contribution >= 0.6 is 0 Å². The monoisotopic (exact) mass is 1020 g/mol. The Morgan fingerprint density at radius 1 is 0.274 bits per heavy atom. The third kappa shape index (κ3) is 60.4. The van der Waals surface area contributed by atoms with Crippen molar-refractivity contribution in [3.8, 4) is 0 Å². The topological polar surface area (TPSA) is 78.9 Å². The lowest BCUT2D eigenvalue weighted by atomic mass is 10.0. The van der Waals surface area contributed by atoms with Crippen molar-refractivity contribution >= 4 is 17.9 Å². The van der Waals surface area contributed by atoms with Crippen LogP contribution in [-0.2, 0) is 28.6 Å². The number of carbonyl (C=O) groups excluding carboxylic acids is 3. The van der Waals surface area contributed by atoms with Crippen LogP contribution in [0.4, 0.5) is 0 Å². The molecule has 0 radical (unpaired) electrons. The third-order valence-electron chi connectivity index (χ3n) is 14.6. The molecule has 1 unspecified atom stereocenters.